The Balaban J connectivity index is 1.46. The van der Waals surface area contributed by atoms with E-state index in [9.17, 15) is 4.39 Å². The number of hydrogen-bond donors (Lipinski definition) is 0. The van der Waals surface area contributed by atoms with Crippen molar-refractivity contribution in [2.45, 2.75) is 24.8 Å². The maximum absolute atomic E-state index is 14.6. The minimum atomic E-state index is -0.352. The molecule has 5 rings (SSSR count). The van der Waals surface area contributed by atoms with Crippen LogP contribution in [0.1, 0.15) is 17.0 Å². The van der Waals surface area contributed by atoms with Gasteiger partial charge in [0.1, 0.15) is 5.82 Å². The molecule has 0 saturated carbocycles. The second-order valence-corrected chi connectivity index (χ2v) is 8.56. The Hall–Kier alpha value is -3.78. The second-order valence-electron chi connectivity index (χ2n) is 7.61. The molecule has 8 heteroatoms. The highest BCUT2D eigenvalue weighted by Crippen LogP contribution is 2.31. The average Bonchev–Trinajstić information content (AvgIpc) is 3.46. The number of aryl methyl sites for hydroxylation is 2. The SMILES string of the molecule is Cc1ccc(-c2nnc(CSc3nnc(-c4ccccc4F)n3-c3ccc(C)cc3)o2)cc1. The van der Waals surface area contributed by atoms with Gasteiger partial charge in [-0.1, -0.05) is 59.3 Å². The Morgan fingerprint density at radius 1 is 0.818 bits per heavy atom. The van der Waals surface area contributed by atoms with Crippen LogP contribution in [0, 0.1) is 19.7 Å². The predicted molar refractivity (Wildman–Crippen MR) is 126 cm³/mol. The maximum Gasteiger partial charge on any atom is 0.247 e. The molecule has 0 spiro atoms. The standard InChI is InChI=1S/C25H20FN5OS/c1-16-7-11-18(12-8-16)24-29-27-22(32-24)15-33-25-30-28-23(20-5-3-4-6-21(20)26)31(25)19-13-9-17(2)10-14-19/h3-14H,15H2,1-2H3. The van der Waals surface area contributed by atoms with Crippen LogP contribution in [0.3, 0.4) is 0 Å². The third-order valence-corrected chi connectivity index (χ3v) is 6.04. The van der Waals surface area contributed by atoms with E-state index in [2.05, 4.69) is 20.4 Å². The highest BCUT2D eigenvalue weighted by Gasteiger charge is 2.19. The Kier molecular flexibility index (Phi) is 5.75. The molecular weight excluding hydrogens is 437 g/mol. The van der Waals surface area contributed by atoms with Gasteiger partial charge in [-0.25, -0.2) is 4.39 Å². The van der Waals surface area contributed by atoms with Crippen molar-refractivity contribution in [3.05, 3.63) is 95.6 Å². The van der Waals surface area contributed by atoms with Crippen molar-refractivity contribution in [2.24, 2.45) is 0 Å². The third-order valence-electron chi connectivity index (χ3n) is 5.13. The summed E-state index contributed by atoms with van der Waals surface area (Å²) < 4.78 is 22.3. The second kappa shape index (κ2) is 8.99. The summed E-state index contributed by atoms with van der Waals surface area (Å²) in [6.07, 6.45) is 0. The van der Waals surface area contributed by atoms with Crippen LogP contribution in [0.4, 0.5) is 4.39 Å². The topological polar surface area (TPSA) is 69.6 Å². The van der Waals surface area contributed by atoms with Gasteiger partial charge < -0.3 is 4.42 Å². The highest BCUT2D eigenvalue weighted by atomic mass is 32.2. The molecule has 0 N–H and O–H groups in total. The molecule has 164 valence electrons. The van der Waals surface area contributed by atoms with Crippen molar-refractivity contribution in [1.82, 2.24) is 25.0 Å². The number of benzene rings is 3. The molecule has 0 saturated heterocycles. The van der Waals surface area contributed by atoms with Crippen molar-refractivity contribution < 1.29 is 8.81 Å². The minimum Gasteiger partial charge on any atom is -0.420 e. The molecule has 2 aromatic heterocycles. The van der Waals surface area contributed by atoms with Crippen LogP contribution in [0.25, 0.3) is 28.5 Å². The van der Waals surface area contributed by atoms with Gasteiger partial charge in [-0.3, -0.25) is 4.57 Å². The van der Waals surface area contributed by atoms with Crippen LogP contribution < -0.4 is 0 Å². The molecule has 5 aromatic rings. The van der Waals surface area contributed by atoms with Crippen LogP contribution in [-0.2, 0) is 5.75 Å². The van der Waals surface area contributed by atoms with Gasteiger partial charge in [-0.05, 0) is 50.2 Å². The summed E-state index contributed by atoms with van der Waals surface area (Å²) in [6, 6.07) is 22.4. The lowest BCUT2D eigenvalue weighted by molar-refractivity contribution is 0.528. The fraction of sp³-hybridized carbons (Fsp3) is 0.120. The summed E-state index contributed by atoms with van der Waals surface area (Å²) in [5, 5.41) is 17.6. The van der Waals surface area contributed by atoms with Crippen molar-refractivity contribution >= 4 is 11.8 Å². The molecule has 0 bridgehead atoms. The van der Waals surface area contributed by atoms with E-state index in [4.69, 9.17) is 4.42 Å². The first-order valence-electron chi connectivity index (χ1n) is 10.4. The zero-order valence-electron chi connectivity index (χ0n) is 18.1. The van der Waals surface area contributed by atoms with Gasteiger partial charge in [0, 0.05) is 11.3 Å². The Bertz CT molecular complexity index is 1390. The van der Waals surface area contributed by atoms with E-state index in [1.165, 1.54) is 17.8 Å². The molecule has 0 fully saturated rings. The molecule has 0 amide bonds. The minimum absolute atomic E-state index is 0.352. The zero-order valence-corrected chi connectivity index (χ0v) is 18.9. The van der Waals surface area contributed by atoms with Crippen LogP contribution in [-0.4, -0.2) is 25.0 Å². The zero-order chi connectivity index (χ0) is 22.8. The maximum atomic E-state index is 14.6. The number of thioether (sulfide) groups is 1. The first-order valence-corrected chi connectivity index (χ1v) is 11.4. The van der Waals surface area contributed by atoms with Gasteiger partial charge in [0.05, 0.1) is 11.3 Å². The molecule has 2 heterocycles. The summed E-state index contributed by atoms with van der Waals surface area (Å²) >= 11 is 1.40. The van der Waals surface area contributed by atoms with Gasteiger partial charge in [-0.15, -0.1) is 20.4 Å². The van der Waals surface area contributed by atoms with E-state index in [0.717, 1.165) is 22.4 Å². The number of aromatic nitrogens is 5. The molecular formula is C25H20FN5OS. The summed E-state index contributed by atoms with van der Waals surface area (Å²) in [7, 11) is 0. The normalized spacial score (nSPS) is 11.1. The molecule has 6 nitrogen and oxygen atoms in total. The molecule has 33 heavy (non-hydrogen) atoms. The first kappa shape index (κ1) is 21.1. The van der Waals surface area contributed by atoms with Crippen molar-refractivity contribution in [3.63, 3.8) is 0 Å². The molecule has 0 aliphatic rings. The van der Waals surface area contributed by atoms with Crippen molar-refractivity contribution in [2.75, 3.05) is 0 Å². The van der Waals surface area contributed by atoms with E-state index in [-0.39, 0.29) is 5.82 Å². The molecule has 0 aliphatic carbocycles. The van der Waals surface area contributed by atoms with Crippen LogP contribution >= 0.6 is 11.8 Å². The van der Waals surface area contributed by atoms with Gasteiger partial charge in [0.2, 0.25) is 11.8 Å². The first-order chi connectivity index (χ1) is 16.1. The predicted octanol–water partition coefficient (Wildman–Crippen LogP) is 6.03. The molecule has 3 aromatic carbocycles. The average molecular weight is 458 g/mol. The summed E-state index contributed by atoms with van der Waals surface area (Å²) in [5.74, 6) is 1.43. The fourth-order valence-corrected chi connectivity index (χ4v) is 4.15. The van der Waals surface area contributed by atoms with E-state index in [0.29, 0.717) is 34.1 Å². The van der Waals surface area contributed by atoms with Gasteiger partial charge in [-0.2, -0.15) is 0 Å². The summed E-state index contributed by atoms with van der Waals surface area (Å²) in [5.41, 5.74) is 4.39. The van der Waals surface area contributed by atoms with Gasteiger partial charge in [0.25, 0.3) is 0 Å². The van der Waals surface area contributed by atoms with E-state index in [1.54, 1.807) is 18.2 Å². The van der Waals surface area contributed by atoms with E-state index in [1.807, 2.05) is 66.9 Å². The van der Waals surface area contributed by atoms with Gasteiger partial charge >= 0.3 is 0 Å². The van der Waals surface area contributed by atoms with Crippen LogP contribution in [0.5, 0.6) is 0 Å². The fourth-order valence-electron chi connectivity index (χ4n) is 3.36. The monoisotopic (exact) mass is 457 g/mol. The Morgan fingerprint density at radius 2 is 1.52 bits per heavy atom. The summed E-state index contributed by atoms with van der Waals surface area (Å²) in [6.45, 7) is 4.05. The molecule has 0 radical (unpaired) electrons. The van der Waals surface area contributed by atoms with Crippen LogP contribution in [0.15, 0.2) is 82.4 Å². The number of rotatable bonds is 6. The van der Waals surface area contributed by atoms with Crippen molar-refractivity contribution in [3.8, 4) is 28.5 Å². The number of nitrogens with zero attached hydrogens (tertiary/aromatic N) is 5. The smallest absolute Gasteiger partial charge is 0.247 e. The Labute approximate surface area is 194 Å². The number of hydrogen-bond acceptors (Lipinski definition) is 6. The number of halogens is 1. The molecule has 0 aliphatic heterocycles. The van der Waals surface area contributed by atoms with E-state index >= 15 is 0 Å². The lowest BCUT2D eigenvalue weighted by Gasteiger charge is -2.10. The summed E-state index contributed by atoms with van der Waals surface area (Å²) in [4.78, 5) is 0. The highest BCUT2D eigenvalue weighted by molar-refractivity contribution is 7.98. The van der Waals surface area contributed by atoms with Crippen molar-refractivity contribution in [1.29, 1.82) is 0 Å². The third kappa shape index (κ3) is 4.42. The lowest BCUT2D eigenvalue weighted by atomic mass is 10.1. The van der Waals surface area contributed by atoms with Crippen LogP contribution in [0.2, 0.25) is 0 Å². The van der Waals surface area contributed by atoms with E-state index < -0.39 is 0 Å². The molecule has 0 atom stereocenters. The largest absolute Gasteiger partial charge is 0.420 e. The quantitative estimate of drug-likeness (QED) is 0.290. The van der Waals surface area contributed by atoms with Gasteiger partial charge in [0.15, 0.2) is 11.0 Å². The lowest BCUT2D eigenvalue weighted by Crippen LogP contribution is -2.01. The molecule has 0 unspecified atom stereocenters. The Morgan fingerprint density at radius 3 is 2.24 bits per heavy atom.